The van der Waals surface area contributed by atoms with E-state index in [0.29, 0.717) is 22.6 Å². The highest BCUT2D eigenvalue weighted by molar-refractivity contribution is 7.91. The van der Waals surface area contributed by atoms with Crippen LogP contribution >= 0.6 is 0 Å². The Balaban J connectivity index is 2.06. The molecular weight excluding hydrogens is 402 g/mol. The summed E-state index contributed by atoms with van der Waals surface area (Å²) >= 11 is 0. The molecule has 1 amide bonds. The molecule has 2 N–H and O–H groups in total. The van der Waals surface area contributed by atoms with Crippen LogP contribution in [0.5, 0.6) is 11.5 Å². The van der Waals surface area contributed by atoms with Gasteiger partial charge in [-0.2, -0.15) is 0 Å². The van der Waals surface area contributed by atoms with E-state index in [1.807, 2.05) is 19.1 Å². The number of sulfone groups is 1. The highest BCUT2D eigenvalue weighted by atomic mass is 32.2. The third kappa shape index (κ3) is 4.02. The molecule has 0 fully saturated rings. The van der Waals surface area contributed by atoms with Gasteiger partial charge in [0.05, 0.1) is 12.0 Å². The maximum absolute atomic E-state index is 13.2. The first-order valence-electron chi connectivity index (χ1n) is 9.25. The molecule has 156 valence electrons. The minimum atomic E-state index is -4.03. The monoisotopic (exact) mass is 425 g/mol. The lowest BCUT2D eigenvalue weighted by Crippen LogP contribution is -2.15. The summed E-state index contributed by atoms with van der Waals surface area (Å²) in [5.74, 6) is -0.210. The van der Waals surface area contributed by atoms with Gasteiger partial charge in [0.25, 0.3) is 5.91 Å². The van der Waals surface area contributed by atoms with E-state index in [9.17, 15) is 18.3 Å². The fraction of sp³-hybridized carbons (Fsp3) is 0.174. The third-order valence-electron chi connectivity index (χ3n) is 4.89. The van der Waals surface area contributed by atoms with Gasteiger partial charge in [0, 0.05) is 11.3 Å². The van der Waals surface area contributed by atoms with Crippen LogP contribution < -0.4 is 10.1 Å². The van der Waals surface area contributed by atoms with E-state index in [1.165, 1.54) is 37.4 Å². The van der Waals surface area contributed by atoms with E-state index >= 15 is 0 Å². The van der Waals surface area contributed by atoms with Gasteiger partial charge in [-0.25, -0.2) is 8.42 Å². The van der Waals surface area contributed by atoms with Crippen molar-refractivity contribution >= 4 is 21.4 Å². The summed E-state index contributed by atoms with van der Waals surface area (Å²) in [6.45, 7) is 5.18. The highest BCUT2D eigenvalue weighted by Gasteiger charge is 2.27. The fourth-order valence-corrected chi connectivity index (χ4v) is 4.81. The summed E-state index contributed by atoms with van der Waals surface area (Å²) in [4.78, 5) is 12.5. The van der Waals surface area contributed by atoms with Crippen molar-refractivity contribution in [1.29, 1.82) is 0 Å². The molecule has 0 spiro atoms. The lowest BCUT2D eigenvalue weighted by molar-refractivity contribution is 0.102. The molecule has 0 heterocycles. The van der Waals surface area contributed by atoms with Gasteiger partial charge in [-0.3, -0.25) is 4.79 Å². The average Bonchev–Trinajstić information content (AvgIpc) is 2.71. The summed E-state index contributed by atoms with van der Waals surface area (Å²) in [7, 11) is -2.54. The van der Waals surface area contributed by atoms with Crippen molar-refractivity contribution in [3.05, 3.63) is 76.9 Å². The number of phenols is 1. The molecule has 0 saturated heterocycles. The van der Waals surface area contributed by atoms with Crippen molar-refractivity contribution in [3.8, 4) is 11.5 Å². The summed E-state index contributed by atoms with van der Waals surface area (Å²) < 4.78 is 31.5. The summed E-state index contributed by atoms with van der Waals surface area (Å²) in [6.07, 6.45) is 0. The Morgan fingerprint density at radius 3 is 2.13 bits per heavy atom. The smallest absolute Gasteiger partial charge is 0.255 e. The van der Waals surface area contributed by atoms with Gasteiger partial charge in [-0.15, -0.1) is 0 Å². The van der Waals surface area contributed by atoms with E-state index in [2.05, 4.69) is 5.32 Å². The Hall–Kier alpha value is -3.32. The molecule has 0 aliphatic heterocycles. The number of carbonyl (C=O) groups is 1. The lowest BCUT2D eigenvalue weighted by Gasteiger charge is -2.17. The SMILES string of the molecule is COc1ccc(S(=O)(=O)c2c(O)cc(C)c(NC(=O)c3ccc(C)cc3)c2C)cc1. The molecule has 3 aromatic carbocycles. The van der Waals surface area contributed by atoms with Crippen molar-refractivity contribution < 1.29 is 23.1 Å². The van der Waals surface area contributed by atoms with Crippen LogP contribution in [0.25, 0.3) is 0 Å². The van der Waals surface area contributed by atoms with Gasteiger partial charge in [0.2, 0.25) is 9.84 Å². The van der Waals surface area contributed by atoms with E-state index in [1.54, 1.807) is 26.0 Å². The van der Waals surface area contributed by atoms with Gasteiger partial charge in [-0.05, 0) is 74.4 Å². The van der Waals surface area contributed by atoms with E-state index < -0.39 is 9.84 Å². The number of hydrogen-bond acceptors (Lipinski definition) is 5. The number of anilines is 1. The Kier molecular flexibility index (Phi) is 5.85. The standard InChI is InChI=1S/C23H23NO5S/c1-14-5-7-17(8-6-14)23(26)24-21-15(2)13-20(25)22(16(21)3)30(27,28)19-11-9-18(29-4)10-12-19/h5-13,25H,1-4H3,(H,24,26). The Labute approximate surface area is 176 Å². The number of methoxy groups -OCH3 is 1. The molecule has 30 heavy (non-hydrogen) atoms. The molecule has 0 radical (unpaired) electrons. The molecule has 6 nitrogen and oxygen atoms in total. The summed E-state index contributed by atoms with van der Waals surface area (Å²) in [5, 5.41) is 13.2. The summed E-state index contributed by atoms with van der Waals surface area (Å²) in [6, 6.07) is 14.3. The molecule has 7 heteroatoms. The Morgan fingerprint density at radius 1 is 0.967 bits per heavy atom. The number of aryl methyl sites for hydroxylation is 2. The number of hydrogen-bond donors (Lipinski definition) is 2. The molecule has 0 atom stereocenters. The predicted molar refractivity (Wildman–Crippen MR) is 115 cm³/mol. The predicted octanol–water partition coefficient (Wildman–Crippen LogP) is 4.41. The zero-order valence-corrected chi connectivity index (χ0v) is 18.0. The molecule has 0 aliphatic carbocycles. The van der Waals surface area contributed by atoms with E-state index in [4.69, 9.17) is 4.74 Å². The molecule has 3 rings (SSSR count). The van der Waals surface area contributed by atoms with Crippen molar-refractivity contribution in [2.75, 3.05) is 12.4 Å². The Bertz CT molecular complexity index is 1200. The molecule has 0 bridgehead atoms. The normalized spacial score (nSPS) is 11.2. The summed E-state index contributed by atoms with van der Waals surface area (Å²) in [5.41, 5.74) is 2.65. The third-order valence-corrected chi connectivity index (χ3v) is 6.83. The first kappa shape index (κ1) is 21.4. The lowest BCUT2D eigenvalue weighted by atomic mass is 10.1. The average molecular weight is 426 g/mol. The zero-order valence-electron chi connectivity index (χ0n) is 17.2. The highest BCUT2D eigenvalue weighted by Crippen LogP contribution is 2.38. The van der Waals surface area contributed by atoms with Crippen LogP contribution in [0.1, 0.15) is 27.0 Å². The number of benzene rings is 3. The second-order valence-corrected chi connectivity index (χ2v) is 8.93. The van der Waals surface area contributed by atoms with Crippen molar-refractivity contribution in [1.82, 2.24) is 0 Å². The van der Waals surface area contributed by atoms with Crippen LogP contribution in [-0.4, -0.2) is 26.5 Å². The van der Waals surface area contributed by atoms with Crippen molar-refractivity contribution in [2.45, 2.75) is 30.6 Å². The maximum atomic E-state index is 13.2. The second-order valence-electron chi connectivity index (χ2n) is 7.04. The minimum Gasteiger partial charge on any atom is -0.507 e. The van der Waals surface area contributed by atoms with Crippen molar-refractivity contribution in [2.24, 2.45) is 0 Å². The largest absolute Gasteiger partial charge is 0.507 e. The first-order chi connectivity index (χ1) is 14.1. The number of aromatic hydroxyl groups is 1. The van der Waals surface area contributed by atoms with Crippen LogP contribution in [0.2, 0.25) is 0 Å². The fourth-order valence-electron chi connectivity index (χ4n) is 3.24. The maximum Gasteiger partial charge on any atom is 0.255 e. The quantitative estimate of drug-likeness (QED) is 0.591. The van der Waals surface area contributed by atoms with Gasteiger partial charge in [0.1, 0.15) is 16.4 Å². The number of rotatable bonds is 5. The van der Waals surface area contributed by atoms with Gasteiger partial charge < -0.3 is 15.2 Å². The molecule has 0 aromatic heterocycles. The molecule has 0 saturated carbocycles. The van der Waals surface area contributed by atoms with Gasteiger partial charge >= 0.3 is 0 Å². The van der Waals surface area contributed by atoms with Gasteiger partial charge in [-0.1, -0.05) is 17.7 Å². The number of amides is 1. The number of nitrogens with one attached hydrogen (secondary N) is 1. The topological polar surface area (TPSA) is 92.7 Å². The molecule has 0 unspecified atom stereocenters. The molecule has 3 aromatic rings. The van der Waals surface area contributed by atoms with Crippen LogP contribution in [0.15, 0.2) is 64.4 Å². The van der Waals surface area contributed by atoms with Crippen LogP contribution in [0.4, 0.5) is 5.69 Å². The number of phenolic OH excluding ortho intramolecular Hbond substituents is 1. The van der Waals surface area contributed by atoms with Gasteiger partial charge in [0.15, 0.2) is 0 Å². The zero-order chi connectivity index (χ0) is 22.1. The minimum absolute atomic E-state index is 0.0152. The Morgan fingerprint density at radius 2 is 1.57 bits per heavy atom. The molecular formula is C23H23NO5S. The van der Waals surface area contributed by atoms with E-state index in [-0.39, 0.29) is 27.0 Å². The van der Waals surface area contributed by atoms with Crippen LogP contribution in [0.3, 0.4) is 0 Å². The van der Waals surface area contributed by atoms with E-state index in [0.717, 1.165) is 5.56 Å². The molecule has 0 aliphatic rings. The number of carbonyl (C=O) groups excluding carboxylic acids is 1. The second kappa shape index (κ2) is 8.20. The number of ether oxygens (including phenoxy) is 1. The first-order valence-corrected chi connectivity index (χ1v) is 10.7. The van der Waals surface area contributed by atoms with Crippen molar-refractivity contribution in [3.63, 3.8) is 0 Å². The van der Waals surface area contributed by atoms with Crippen LogP contribution in [0, 0.1) is 20.8 Å². The van der Waals surface area contributed by atoms with Crippen LogP contribution in [-0.2, 0) is 9.84 Å².